The third-order valence-corrected chi connectivity index (χ3v) is 4.17. The van der Waals surface area contributed by atoms with Gasteiger partial charge in [-0.3, -0.25) is 0 Å². The summed E-state index contributed by atoms with van der Waals surface area (Å²) in [7, 11) is 0. The summed E-state index contributed by atoms with van der Waals surface area (Å²) in [6.45, 7) is 4.58. The molecule has 0 atom stereocenters. The molecule has 1 aliphatic rings. The van der Waals surface area contributed by atoms with Crippen LogP contribution in [0, 0.1) is 29.0 Å². The third kappa shape index (κ3) is 3.47. The Hall–Kier alpha value is -1.56. The zero-order chi connectivity index (χ0) is 13.8. The van der Waals surface area contributed by atoms with Crippen molar-refractivity contribution >= 4 is 5.69 Å². The fourth-order valence-electron chi connectivity index (χ4n) is 2.87. The monoisotopic (exact) mass is 260 g/mol. The second-order valence-electron chi connectivity index (χ2n) is 5.81. The molecule has 1 fully saturated rings. The average molecular weight is 260 g/mol. The molecular weight excluding hydrogens is 239 g/mol. The number of nitrogens with one attached hydrogen (secondary N) is 1. The molecule has 0 spiro atoms. The number of halogens is 1. The Bertz CT molecular complexity index is 468. The first-order valence-corrected chi connectivity index (χ1v) is 7.06. The molecule has 2 nitrogen and oxygen atoms in total. The minimum absolute atomic E-state index is 0.112. The highest BCUT2D eigenvalue weighted by Crippen LogP contribution is 2.31. The lowest BCUT2D eigenvalue weighted by Crippen LogP contribution is -2.27. The van der Waals surface area contributed by atoms with Gasteiger partial charge in [-0.15, -0.1) is 0 Å². The van der Waals surface area contributed by atoms with E-state index in [4.69, 9.17) is 5.26 Å². The highest BCUT2D eigenvalue weighted by molar-refractivity contribution is 5.50. The van der Waals surface area contributed by atoms with E-state index in [1.54, 1.807) is 12.1 Å². The van der Waals surface area contributed by atoms with Gasteiger partial charge in [-0.25, -0.2) is 4.39 Å². The SMILES string of the molecule is CC(C)C1CCC(Nc2ccc(F)c(C#N)c2)CC1. The number of hydrogen-bond donors (Lipinski definition) is 1. The summed E-state index contributed by atoms with van der Waals surface area (Å²) in [6.07, 6.45) is 4.81. The van der Waals surface area contributed by atoms with Crippen LogP contribution >= 0.6 is 0 Å². The van der Waals surface area contributed by atoms with Gasteiger partial charge in [0.05, 0.1) is 5.56 Å². The van der Waals surface area contributed by atoms with Crippen LogP contribution in [0.2, 0.25) is 0 Å². The molecule has 0 aliphatic heterocycles. The molecule has 0 aromatic heterocycles. The first-order chi connectivity index (χ1) is 9.10. The van der Waals surface area contributed by atoms with Crippen molar-refractivity contribution in [2.75, 3.05) is 5.32 Å². The van der Waals surface area contributed by atoms with Gasteiger partial charge in [-0.2, -0.15) is 5.26 Å². The van der Waals surface area contributed by atoms with E-state index in [0.717, 1.165) is 30.4 Å². The maximum absolute atomic E-state index is 13.2. The normalized spacial score (nSPS) is 23.1. The Balaban J connectivity index is 1.94. The zero-order valence-electron chi connectivity index (χ0n) is 11.6. The number of nitriles is 1. The van der Waals surface area contributed by atoms with E-state index in [1.807, 2.05) is 6.07 Å². The van der Waals surface area contributed by atoms with Crippen LogP contribution in [0.25, 0.3) is 0 Å². The summed E-state index contributed by atoms with van der Waals surface area (Å²) in [5.74, 6) is 1.15. The predicted molar refractivity (Wildman–Crippen MR) is 75.3 cm³/mol. The number of benzene rings is 1. The molecule has 0 bridgehead atoms. The number of hydrogen-bond acceptors (Lipinski definition) is 2. The van der Waals surface area contributed by atoms with Crippen molar-refractivity contribution in [1.29, 1.82) is 5.26 Å². The van der Waals surface area contributed by atoms with Crippen molar-refractivity contribution < 1.29 is 4.39 Å². The van der Waals surface area contributed by atoms with Gasteiger partial charge >= 0.3 is 0 Å². The first kappa shape index (κ1) is 13.9. The van der Waals surface area contributed by atoms with Crippen LogP contribution in [0.15, 0.2) is 18.2 Å². The van der Waals surface area contributed by atoms with E-state index in [1.165, 1.54) is 18.9 Å². The van der Waals surface area contributed by atoms with Crippen molar-refractivity contribution in [3.05, 3.63) is 29.6 Å². The molecule has 0 saturated heterocycles. The fourth-order valence-corrected chi connectivity index (χ4v) is 2.87. The minimum atomic E-state index is -0.448. The predicted octanol–water partition coefficient (Wildman–Crippen LogP) is 4.32. The van der Waals surface area contributed by atoms with Crippen molar-refractivity contribution in [3.63, 3.8) is 0 Å². The van der Waals surface area contributed by atoms with Crippen LogP contribution in [-0.2, 0) is 0 Å². The van der Waals surface area contributed by atoms with Gasteiger partial charge in [0.1, 0.15) is 11.9 Å². The Labute approximate surface area is 114 Å². The van der Waals surface area contributed by atoms with Crippen LogP contribution in [0.5, 0.6) is 0 Å². The van der Waals surface area contributed by atoms with Gasteiger partial charge in [0.2, 0.25) is 0 Å². The topological polar surface area (TPSA) is 35.8 Å². The van der Waals surface area contributed by atoms with Crippen molar-refractivity contribution in [2.24, 2.45) is 11.8 Å². The summed E-state index contributed by atoms with van der Waals surface area (Å²) in [5.41, 5.74) is 0.965. The van der Waals surface area contributed by atoms with Crippen LogP contribution in [0.4, 0.5) is 10.1 Å². The minimum Gasteiger partial charge on any atom is -0.382 e. The Morgan fingerprint density at radius 1 is 1.26 bits per heavy atom. The van der Waals surface area contributed by atoms with Crippen LogP contribution in [-0.4, -0.2) is 6.04 Å². The number of nitrogens with zero attached hydrogens (tertiary/aromatic N) is 1. The Kier molecular flexibility index (Phi) is 4.42. The molecule has 0 amide bonds. The van der Waals surface area contributed by atoms with Gasteiger partial charge in [-0.05, 0) is 55.7 Å². The van der Waals surface area contributed by atoms with Crippen LogP contribution in [0.1, 0.15) is 45.1 Å². The molecule has 1 N–H and O–H groups in total. The van der Waals surface area contributed by atoms with E-state index in [2.05, 4.69) is 19.2 Å². The molecule has 0 heterocycles. The summed E-state index contributed by atoms with van der Waals surface area (Å²) < 4.78 is 13.2. The highest BCUT2D eigenvalue weighted by atomic mass is 19.1. The van der Waals surface area contributed by atoms with Gasteiger partial charge in [0.25, 0.3) is 0 Å². The number of anilines is 1. The fraction of sp³-hybridized carbons (Fsp3) is 0.562. The maximum Gasteiger partial charge on any atom is 0.141 e. The van der Waals surface area contributed by atoms with Crippen molar-refractivity contribution in [2.45, 2.75) is 45.6 Å². The Morgan fingerprint density at radius 2 is 1.95 bits per heavy atom. The molecule has 1 aliphatic carbocycles. The molecule has 2 rings (SSSR count). The van der Waals surface area contributed by atoms with Crippen molar-refractivity contribution in [3.8, 4) is 6.07 Å². The van der Waals surface area contributed by atoms with Gasteiger partial charge in [0, 0.05) is 11.7 Å². The standard InChI is InChI=1S/C16H21FN2/c1-11(2)12-3-5-14(6-4-12)19-15-7-8-16(17)13(9-15)10-18/h7-9,11-12,14,19H,3-6H2,1-2H3. The van der Waals surface area contributed by atoms with Gasteiger partial charge in [-0.1, -0.05) is 13.8 Å². The summed E-state index contributed by atoms with van der Waals surface area (Å²) in [4.78, 5) is 0. The van der Waals surface area contributed by atoms with E-state index < -0.39 is 5.82 Å². The third-order valence-electron chi connectivity index (χ3n) is 4.17. The molecule has 3 heteroatoms. The smallest absolute Gasteiger partial charge is 0.141 e. The van der Waals surface area contributed by atoms with E-state index in [9.17, 15) is 4.39 Å². The second kappa shape index (κ2) is 6.06. The molecular formula is C16H21FN2. The lowest BCUT2D eigenvalue weighted by Gasteiger charge is -2.31. The first-order valence-electron chi connectivity index (χ1n) is 7.06. The lowest BCUT2D eigenvalue weighted by atomic mass is 9.79. The zero-order valence-corrected chi connectivity index (χ0v) is 11.6. The van der Waals surface area contributed by atoms with Gasteiger partial charge < -0.3 is 5.32 Å². The summed E-state index contributed by atoms with van der Waals surface area (Å²) in [6, 6.07) is 7.01. The Morgan fingerprint density at radius 3 is 2.53 bits per heavy atom. The molecule has 19 heavy (non-hydrogen) atoms. The second-order valence-corrected chi connectivity index (χ2v) is 5.81. The lowest BCUT2D eigenvalue weighted by molar-refractivity contribution is 0.267. The highest BCUT2D eigenvalue weighted by Gasteiger charge is 2.23. The van der Waals surface area contributed by atoms with E-state index >= 15 is 0 Å². The van der Waals surface area contributed by atoms with Crippen LogP contribution < -0.4 is 5.32 Å². The molecule has 0 radical (unpaired) electrons. The summed E-state index contributed by atoms with van der Waals surface area (Å²) in [5, 5.41) is 12.3. The maximum atomic E-state index is 13.2. The van der Waals surface area contributed by atoms with Gasteiger partial charge in [0.15, 0.2) is 0 Å². The number of rotatable bonds is 3. The summed E-state index contributed by atoms with van der Waals surface area (Å²) >= 11 is 0. The van der Waals surface area contributed by atoms with Crippen molar-refractivity contribution in [1.82, 2.24) is 0 Å². The van der Waals surface area contributed by atoms with Crippen LogP contribution in [0.3, 0.4) is 0 Å². The molecule has 102 valence electrons. The average Bonchev–Trinajstić information content (AvgIpc) is 2.41. The van der Waals surface area contributed by atoms with E-state index in [0.29, 0.717) is 6.04 Å². The molecule has 1 aromatic rings. The quantitative estimate of drug-likeness (QED) is 0.878. The molecule has 0 unspecified atom stereocenters. The molecule has 1 saturated carbocycles. The van der Waals surface area contributed by atoms with E-state index in [-0.39, 0.29) is 5.56 Å². The molecule has 1 aromatic carbocycles. The largest absolute Gasteiger partial charge is 0.382 e.